The van der Waals surface area contributed by atoms with Crippen LogP contribution < -0.4 is 0 Å². The second-order valence-electron chi connectivity index (χ2n) is 2.30. The maximum absolute atomic E-state index is 3.18. The molecule has 1 aromatic carbocycles. The van der Waals surface area contributed by atoms with Crippen molar-refractivity contribution >= 4 is 56.1 Å². The van der Waals surface area contributed by atoms with Crippen LogP contribution in [-0.2, 0) is 0 Å². The van der Waals surface area contributed by atoms with Crippen molar-refractivity contribution in [3.05, 3.63) is 31.5 Å². The van der Waals surface area contributed by atoms with E-state index in [0.717, 1.165) is 0 Å². The molecule has 2 aromatic rings. The van der Waals surface area contributed by atoms with Crippen molar-refractivity contribution in [3.63, 3.8) is 0 Å². The van der Waals surface area contributed by atoms with Gasteiger partial charge in [0.1, 0.15) is 0 Å². The van der Waals surface area contributed by atoms with E-state index in [1.54, 1.807) is 0 Å². The van der Waals surface area contributed by atoms with Crippen molar-refractivity contribution in [3.8, 4) is 0 Å². The van der Waals surface area contributed by atoms with E-state index in [1.165, 1.54) is 18.0 Å². The molecule has 0 fully saturated rings. The van der Waals surface area contributed by atoms with Crippen molar-refractivity contribution in [2.45, 2.75) is 0 Å². The van der Waals surface area contributed by atoms with E-state index in [0.29, 0.717) is 0 Å². The van der Waals surface area contributed by atoms with Gasteiger partial charge in [0, 0.05) is 24.2 Å². The van der Waals surface area contributed by atoms with Gasteiger partial charge in [-0.2, -0.15) is 0 Å². The summed E-state index contributed by atoms with van der Waals surface area (Å²) in [4.78, 5) is 3.18. The van der Waals surface area contributed by atoms with E-state index < -0.39 is 0 Å². The normalized spacial score (nSPS) is 10.7. The standard InChI is InChI=1S/C8H5I2N/c9-6-1-2-7-5(8(6)10)3-4-11-7/h1-4,11H. The highest BCUT2D eigenvalue weighted by Gasteiger charge is 2.01. The number of hydrogen-bond acceptors (Lipinski definition) is 0. The van der Waals surface area contributed by atoms with E-state index in [4.69, 9.17) is 0 Å². The number of fused-ring (bicyclic) bond motifs is 1. The summed E-state index contributed by atoms with van der Waals surface area (Å²) in [5.74, 6) is 0. The zero-order chi connectivity index (χ0) is 7.84. The van der Waals surface area contributed by atoms with Gasteiger partial charge in [-0.25, -0.2) is 0 Å². The molecule has 2 rings (SSSR count). The summed E-state index contributed by atoms with van der Waals surface area (Å²) in [5, 5.41) is 1.32. The van der Waals surface area contributed by atoms with Gasteiger partial charge >= 0.3 is 0 Å². The fraction of sp³-hybridized carbons (Fsp3) is 0. The van der Waals surface area contributed by atoms with Crippen LogP contribution in [0.1, 0.15) is 0 Å². The Kier molecular flexibility index (Phi) is 2.09. The molecule has 0 saturated carbocycles. The number of aromatic amines is 1. The number of hydrogen-bond donors (Lipinski definition) is 1. The largest absolute Gasteiger partial charge is 0.361 e. The highest BCUT2D eigenvalue weighted by Crippen LogP contribution is 2.24. The Balaban J connectivity index is 2.93. The van der Waals surface area contributed by atoms with Crippen LogP contribution in [0, 0.1) is 7.14 Å². The number of aromatic nitrogens is 1. The summed E-state index contributed by atoms with van der Waals surface area (Å²) in [5.41, 5.74) is 1.22. The molecule has 11 heavy (non-hydrogen) atoms. The number of nitrogens with one attached hydrogen (secondary N) is 1. The molecule has 1 N–H and O–H groups in total. The lowest BCUT2D eigenvalue weighted by molar-refractivity contribution is 1.47. The number of halogens is 2. The second-order valence-corrected chi connectivity index (χ2v) is 4.54. The molecule has 1 heterocycles. The molecule has 0 bridgehead atoms. The predicted octanol–water partition coefficient (Wildman–Crippen LogP) is 3.38. The van der Waals surface area contributed by atoms with Crippen LogP contribution in [-0.4, -0.2) is 4.98 Å². The van der Waals surface area contributed by atoms with Gasteiger partial charge in [-0.1, -0.05) is 0 Å². The Morgan fingerprint density at radius 1 is 1.09 bits per heavy atom. The Morgan fingerprint density at radius 2 is 1.91 bits per heavy atom. The van der Waals surface area contributed by atoms with Gasteiger partial charge in [0.25, 0.3) is 0 Å². The summed E-state index contributed by atoms with van der Waals surface area (Å²) < 4.78 is 2.65. The summed E-state index contributed by atoms with van der Waals surface area (Å²) in [6.07, 6.45) is 1.98. The van der Waals surface area contributed by atoms with E-state index in [2.05, 4.69) is 68.4 Å². The minimum atomic E-state index is 1.22. The number of benzene rings is 1. The molecule has 0 spiro atoms. The molecule has 0 aliphatic carbocycles. The molecule has 1 nitrogen and oxygen atoms in total. The van der Waals surface area contributed by atoms with Crippen LogP contribution in [0.15, 0.2) is 24.4 Å². The Bertz CT molecular complexity index is 392. The molecule has 0 radical (unpaired) electrons. The van der Waals surface area contributed by atoms with Gasteiger partial charge in [-0.05, 0) is 63.4 Å². The highest BCUT2D eigenvalue weighted by atomic mass is 127. The zero-order valence-electron chi connectivity index (χ0n) is 5.57. The lowest BCUT2D eigenvalue weighted by Crippen LogP contribution is -1.78. The molecule has 0 unspecified atom stereocenters. The third-order valence-electron chi connectivity index (χ3n) is 1.62. The molecular weight excluding hydrogens is 364 g/mol. The van der Waals surface area contributed by atoms with Crippen molar-refractivity contribution < 1.29 is 0 Å². The Hall–Kier alpha value is 0.220. The molecular formula is C8H5I2N. The lowest BCUT2D eigenvalue weighted by Gasteiger charge is -1.96. The van der Waals surface area contributed by atoms with Crippen LogP contribution in [0.3, 0.4) is 0 Å². The van der Waals surface area contributed by atoms with Crippen molar-refractivity contribution in [2.24, 2.45) is 0 Å². The van der Waals surface area contributed by atoms with Gasteiger partial charge in [-0.15, -0.1) is 0 Å². The number of H-pyrrole nitrogens is 1. The van der Waals surface area contributed by atoms with Crippen LogP contribution in [0.2, 0.25) is 0 Å². The average Bonchev–Trinajstić information content (AvgIpc) is 2.45. The Morgan fingerprint density at radius 3 is 2.73 bits per heavy atom. The summed E-state index contributed by atoms with van der Waals surface area (Å²) in [7, 11) is 0. The monoisotopic (exact) mass is 369 g/mol. The van der Waals surface area contributed by atoms with Gasteiger partial charge < -0.3 is 4.98 Å². The van der Waals surface area contributed by atoms with Gasteiger partial charge in [0.05, 0.1) is 0 Å². The van der Waals surface area contributed by atoms with Crippen molar-refractivity contribution in [2.75, 3.05) is 0 Å². The molecule has 0 aliphatic heterocycles. The highest BCUT2D eigenvalue weighted by molar-refractivity contribution is 14.1. The molecule has 0 amide bonds. The maximum atomic E-state index is 3.18. The third-order valence-corrected chi connectivity index (χ3v) is 4.71. The van der Waals surface area contributed by atoms with Crippen LogP contribution in [0.4, 0.5) is 0 Å². The lowest BCUT2D eigenvalue weighted by atomic mass is 10.3. The van der Waals surface area contributed by atoms with E-state index >= 15 is 0 Å². The molecule has 0 aliphatic rings. The fourth-order valence-electron chi connectivity index (χ4n) is 1.07. The fourth-order valence-corrected chi connectivity index (χ4v) is 2.19. The molecule has 0 saturated heterocycles. The minimum Gasteiger partial charge on any atom is -0.361 e. The first kappa shape index (κ1) is 7.85. The molecule has 1 aromatic heterocycles. The van der Waals surface area contributed by atoms with Crippen LogP contribution >= 0.6 is 45.2 Å². The van der Waals surface area contributed by atoms with Crippen LogP contribution in [0.25, 0.3) is 10.9 Å². The first-order valence-electron chi connectivity index (χ1n) is 3.20. The quantitative estimate of drug-likeness (QED) is 0.686. The van der Waals surface area contributed by atoms with Gasteiger partial charge in [0.2, 0.25) is 0 Å². The Labute approximate surface area is 91.8 Å². The van der Waals surface area contributed by atoms with E-state index in [9.17, 15) is 0 Å². The summed E-state index contributed by atoms with van der Waals surface area (Å²) in [6, 6.07) is 6.35. The topological polar surface area (TPSA) is 15.8 Å². The van der Waals surface area contributed by atoms with Gasteiger partial charge in [0.15, 0.2) is 0 Å². The average molecular weight is 369 g/mol. The predicted molar refractivity (Wildman–Crippen MR) is 63.7 cm³/mol. The minimum absolute atomic E-state index is 1.22. The molecule has 3 heteroatoms. The summed E-state index contributed by atoms with van der Waals surface area (Å²) >= 11 is 4.72. The zero-order valence-corrected chi connectivity index (χ0v) is 9.88. The second kappa shape index (κ2) is 2.93. The van der Waals surface area contributed by atoms with Gasteiger partial charge in [-0.3, -0.25) is 0 Å². The number of rotatable bonds is 0. The SMILES string of the molecule is Ic1ccc2[nH]ccc2c1I. The van der Waals surface area contributed by atoms with E-state index in [1.807, 2.05) is 6.20 Å². The molecule has 0 atom stereocenters. The van der Waals surface area contributed by atoms with Crippen molar-refractivity contribution in [1.82, 2.24) is 4.98 Å². The smallest absolute Gasteiger partial charge is 0.0465 e. The first-order chi connectivity index (χ1) is 5.29. The van der Waals surface area contributed by atoms with E-state index in [-0.39, 0.29) is 0 Å². The third kappa shape index (κ3) is 1.28. The summed E-state index contributed by atoms with van der Waals surface area (Å²) in [6.45, 7) is 0. The van der Waals surface area contributed by atoms with Crippen LogP contribution in [0.5, 0.6) is 0 Å². The first-order valence-corrected chi connectivity index (χ1v) is 5.36. The molecule has 56 valence electrons. The van der Waals surface area contributed by atoms with Crippen molar-refractivity contribution in [1.29, 1.82) is 0 Å². The maximum Gasteiger partial charge on any atom is 0.0465 e.